The summed E-state index contributed by atoms with van der Waals surface area (Å²) < 4.78 is 0. The van der Waals surface area contributed by atoms with Gasteiger partial charge in [0, 0.05) is 16.9 Å². The van der Waals surface area contributed by atoms with Gasteiger partial charge in [-0.1, -0.05) is 19.1 Å². The molecule has 6 heteroatoms. The van der Waals surface area contributed by atoms with Crippen molar-refractivity contribution in [3.05, 3.63) is 58.1 Å². The summed E-state index contributed by atoms with van der Waals surface area (Å²) in [6, 6.07) is 9.49. The first-order valence-electron chi connectivity index (χ1n) is 8.47. The highest BCUT2D eigenvalue weighted by Gasteiger charge is 2.13. The Bertz CT molecular complexity index is 933. The van der Waals surface area contributed by atoms with Gasteiger partial charge in [0.15, 0.2) is 5.82 Å². The van der Waals surface area contributed by atoms with E-state index >= 15 is 0 Å². The molecule has 0 aliphatic rings. The summed E-state index contributed by atoms with van der Waals surface area (Å²) >= 11 is 1.64. The number of aromatic nitrogens is 2. The molecule has 0 atom stereocenters. The Kier molecular flexibility index (Phi) is 5.32. The molecule has 2 N–H and O–H groups in total. The summed E-state index contributed by atoms with van der Waals surface area (Å²) in [5.41, 5.74) is 4.90. The van der Waals surface area contributed by atoms with Gasteiger partial charge in [-0.3, -0.25) is 4.79 Å². The first-order valence-corrected chi connectivity index (χ1v) is 9.35. The molecule has 0 amide bonds. The largest absolute Gasteiger partial charge is 0.481 e. The van der Waals surface area contributed by atoms with Crippen molar-refractivity contribution in [2.45, 2.75) is 33.6 Å². The number of carboxylic acids is 1. The molecule has 0 radical (unpaired) electrons. The van der Waals surface area contributed by atoms with Crippen molar-refractivity contribution < 1.29 is 9.90 Å². The monoisotopic (exact) mass is 367 g/mol. The first-order chi connectivity index (χ1) is 12.5. The Morgan fingerprint density at radius 2 is 1.92 bits per heavy atom. The highest BCUT2D eigenvalue weighted by atomic mass is 32.1. The number of thiophene rings is 1. The lowest BCUT2D eigenvalue weighted by atomic mass is 10.1. The molecule has 0 fully saturated rings. The van der Waals surface area contributed by atoms with E-state index in [0.29, 0.717) is 0 Å². The van der Waals surface area contributed by atoms with Gasteiger partial charge in [-0.25, -0.2) is 9.97 Å². The highest BCUT2D eigenvalue weighted by molar-refractivity contribution is 7.13. The van der Waals surface area contributed by atoms with E-state index in [4.69, 9.17) is 10.1 Å². The maximum Gasteiger partial charge on any atom is 0.307 e. The first kappa shape index (κ1) is 18.1. The third-order valence-corrected chi connectivity index (χ3v) is 5.13. The number of aliphatic carboxylic acids is 1. The topological polar surface area (TPSA) is 75.1 Å². The van der Waals surface area contributed by atoms with Gasteiger partial charge < -0.3 is 10.4 Å². The van der Waals surface area contributed by atoms with E-state index in [-0.39, 0.29) is 6.42 Å². The number of hydrogen-bond donors (Lipinski definition) is 2. The number of benzene rings is 1. The summed E-state index contributed by atoms with van der Waals surface area (Å²) in [6.07, 6.45) is 0.851. The summed E-state index contributed by atoms with van der Waals surface area (Å²) in [7, 11) is 0. The number of carbonyl (C=O) groups is 1. The van der Waals surface area contributed by atoms with Crippen LogP contribution in [0.2, 0.25) is 0 Å². The zero-order valence-corrected chi connectivity index (χ0v) is 15.9. The fraction of sp³-hybridized carbons (Fsp3) is 0.250. The number of nitrogens with zero attached hydrogens (tertiary/aromatic N) is 2. The van der Waals surface area contributed by atoms with Crippen LogP contribution < -0.4 is 5.32 Å². The lowest BCUT2D eigenvalue weighted by Crippen LogP contribution is -2.05. The molecule has 2 aromatic heterocycles. The minimum absolute atomic E-state index is 0.0228. The molecule has 0 saturated carbocycles. The van der Waals surface area contributed by atoms with Crippen molar-refractivity contribution in [1.29, 1.82) is 0 Å². The number of hydrogen-bond acceptors (Lipinski definition) is 5. The fourth-order valence-corrected chi connectivity index (χ4v) is 3.63. The van der Waals surface area contributed by atoms with E-state index in [9.17, 15) is 4.79 Å². The molecule has 0 unspecified atom stereocenters. The second-order valence-electron chi connectivity index (χ2n) is 6.19. The lowest BCUT2D eigenvalue weighted by molar-refractivity contribution is -0.136. The summed E-state index contributed by atoms with van der Waals surface area (Å²) in [5, 5.41) is 14.3. The van der Waals surface area contributed by atoms with Gasteiger partial charge in [-0.2, -0.15) is 0 Å². The molecule has 0 saturated heterocycles. The third-order valence-electron chi connectivity index (χ3n) is 4.09. The fourth-order valence-electron chi connectivity index (χ4n) is 2.80. The van der Waals surface area contributed by atoms with Crippen LogP contribution in [0.1, 0.15) is 29.3 Å². The van der Waals surface area contributed by atoms with Crippen LogP contribution in [0.3, 0.4) is 0 Å². The molecule has 26 heavy (non-hydrogen) atoms. The van der Waals surface area contributed by atoms with Gasteiger partial charge >= 0.3 is 5.97 Å². The Morgan fingerprint density at radius 1 is 1.19 bits per heavy atom. The lowest BCUT2D eigenvalue weighted by Gasteiger charge is -2.14. The van der Waals surface area contributed by atoms with E-state index in [1.54, 1.807) is 11.3 Å². The predicted molar refractivity (Wildman–Crippen MR) is 105 cm³/mol. The molecular weight excluding hydrogens is 346 g/mol. The number of anilines is 2. The van der Waals surface area contributed by atoms with Crippen molar-refractivity contribution in [1.82, 2.24) is 9.97 Å². The maximum absolute atomic E-state index is 10.8. The Hall–Kier alpha value is -2.73. The van der Waals surface area contributed by atoms with Crippen molar-refractivity contribution in [2.24, 2.45) is 0 Å². The maximum atomic E-state index is 10.8. The van der Waals surface area contributed by atoms with Crippen LogP contribution in [0.5, 0.6) is 0 Å². The minimum Gasteiger partial charge on any atom is -0.481 e. The quantitative estimate of drug-likeness (QED) is 0.657. The Balaban J connectivity index is 1.92. The Labute approximate surface area is 156 Å². The van der Waals surface area contributed by atoms with E-state index < -0.39 is 5.97 Å². The van der Waals surface area contributed by atoms with Gasteiger partial charge in [-0.15, -0.1) is 11.3 Å². The normalized spacial score (nSPS) is 10.7. The molecule has 0 bridgehead atoms. The standard InChI is InChI=1S/C20H21N3O2S/c1-4-16-13(3)21-20(17-9-12(2)11-26-17)23-19(16)22-15-7-5-14(6-8-15)10-18(24)25/h5-9,11H,4,10H2,1-3H3,(H,24,25)(H,21,22,23). The molecule has 134 valence electrons. The van der Waals surface area contributed by atoms with Gasteiger partial charge in [-0.05, 0) is 55.0 Å². The van der Waals surface area contributed by atoms with Crippen LogP contribution in [-0.4, -0.2) is 21.0 Å². The van der Waals surface area contributed by atoms with E-state index in [1.807, 2.05) is 31.2 Å². The van der Waals surface area contributed by atoms with Crippen LogP contribution in [0, 0.1) is 13.8 Å². The SMILES string of the molecule is CCc1c(C)nc(-c2cc(C)cs2)nc1Nc1ccc(CC(=O)O)cc1. The van der Waals surface area contributed by atoms with Crippen LogP contribution in [-0.2, 0) is 17.6 Å². The van der Waals surface area contributed by atoms with Crippen molar-refractivity contribution in [3.63, 3.8) is 0 Å². The van der Waals surface area contributed by atoms with E-state index in [1.165, 1.54) is 5.56 Å². The number of nitrogens with one attached hydrogen (secondary N) is 1. The summed E-state index contributed by atoms with van der Waals surface area (Å²) in [5.74, 6) is 0.691. The average Bonchev–Trinajstić information content (AvgIpc) is 3.02. The average molecular weight is 367 g/mol. The second-order valence-corrected chi connectivity index (χ2v) is 7.11. The second kappa shape index (κ2) is 7.66. The van der Waals surface area contributed by atoms with Crippen molar-refractivity contribution in [3.8, 4) is 10.7 Å². The van der Waals surface area contributed by atoms with Crippen LogP contribution in [0.15, 0.2) is 35.7 Å². The van der Waals surface area contributed by atoms with Crippen molar-refractivity contribution >= 4 is 28.8 Å². The third kappa shape index (κ3) is 4.08. The Morgan fingerprint density at radius 3 is 2.50 bits per heavy atom. The number of carboxylic acid groups (broad SMARTS) is 1. The van der Waals surface area contributed by atoms with Crippen molar-refractivity contribution in [2.75, 3.05) is 5.32 Å². The van der Waals surface area contributed by atoms with E-state index in [2.05, 4.69) is 35.6 Å². The summed E-state index contributed by atoms with van der Waals surface area (Å²) in [6.45, 7) is 6.15. The molecule has 0 aliphatic heterocycles. The molecular formula is C20H21N3O2S. The molecule has 0 spiro atoms. The van der Waals surface area contributed by atoms with E-state index in [0.717, 1.165) is 45.4 Å². The van der Waals surface area contributed by atoms with Gasteiger partial charge in [0.2, 0.25) is 0 Å². The van der Waals surface area contributed by atoms with Gasteiger partial charge in [0.05, 0.1) is 11.3 Å². The molecule has 3 rings (SSSR count). The van der Waals surface area contributed by atoms with Crippen LogP contribution >= 0.6 is 11.3 Å². The molecule has 2 heterocycles. The van der Waals surface area contributed by atoms with Crippen LogP contribution in [0.25, 0.3) is 10.7 Å². The zero-order chi connectivity index (χ0) is 18.7. The zero-order valence-electron chi connectivity index (χ0n) is 15.0. The number of rotatable bonds is 6. The highest BCUT2D eigenvalue weighted by Crippen LogP contribution is 2.29. The van der Waals surface area contributed by atoms with Gasteiger partial charge in [0.25, 0.3) is 0 Å². The predicted octanol–water partition coefficient (Wildman–Crippen LogP) is 4.76. The molecule has 0 aliphatic carbocycles. The molecule has 3 aromatic rings. The molecule has 5 nitrogen and oxygen atoms in total. The smallest absolute Gasteiger partial charge is 0.307 e. The minimum atomic E-state index is -0.832. The summed E-state index contributed by atoms with van der Waals surface area (Å²) in [4.78, 5) is 21.3. The number of aryl methyl sites for hydroxylation is 2. The van der Waals surface area contributed by atoms with Gasteiger partial charge in [0.1, 0.15) is 5.82 Å². The van der Waals surface area contributed by atoms with Crippen LogP contribution in [0.4, 0.5) is 11.5 Å². The molecule has 1 aromatic carbocycles.